The highest BCUT2D eigenvalue weighted by Crippen LogP contribution is 2.36. The molecule has 1 fully saturated rings. The van der Waals surface area contributed by atoms with Crippen molar-refractivity contribution in [3.05, 3.63) is 54.2 Å². The van der Waals surface area contributed by atoms with E-state index in [4.69, 9.17) is 0 Å². The largest absolute Gasteiger partial charge is 0.352 e. The summed E-state index contributed by atoms with van der Waals surface area (Å²) >= 11 is 0. The van der Waals surface area contributed by atoms with Crippen molar-refractivity contribution in [3.8, 4) is 0 Å². The summed E-state index contributed by atoms with van der Waals surface area (Å²) in [6.45, 7) is 2.92. The van der Waals surface area contributed by atoms with Crippen LogP contribution in [0.1, 0.15) is 24.8 Å². The van der Waals surface area contributed by atoms with E-state index in [1.165, 1.54) is 11.8 Å². The van der Waals surface area contributed by atoms with E-state index in [2.05, 4.69) is 28.9 Å². The fourth-order valence-corrected chi connectivity index (χ4v) is 4.01. The number of anilines is 1. The van der Waals surface area contributed by atoms with Crippen LogP contribution in [0.15, 0.2) is 53.6 Å². The van der Waals surface area contributed by atoms with Crippen molar-refractivity contribution in [1.82, 2.24) is 4.98 Å². The summed E-state index contributed by atoms with van der Waals surface area (Å²) < 4.78 is 24.0. The fraction of sp³-hybridized carbons (Fsp3) is 0.353. The van der Waals surface area contributed by atoms with Crippen LogP contribution in [0.4, 0.5) is 5.82 Å². The molecule has 1 aliphatic heterocycles. The molecule has 0 bridgehead atoms. The first-order valence-electron chi connectivity index (χ1n) is 7.43. The lowest BCUT2D eigenvalue weighted by atomic mass is 9.97. The molecule has 2 aromatic rings. The van der Waals surface area contributed by atoms with E-state index >= 15 is 0 Å². The van der Waals surface area contributed by atoms with Crippen LogP contribution in [0, 0.1) is 0 Å². The van der Waals surface area contributed by atoms with E-state index < -0.39 is 9.84 Å². The molecule has 116 valence electrons. The Morgan fingerprint density at radius 2 is 1.86 bits per heavy atom. The summed E-state index contributed by atoms with van der Waals surface area (Å²) in [4.78, 5) is 6.79. The first-order chi connectivity index (χ1) is 10.5. The minimum Gasteiger partial charge on any atom is -0.352 e. The van der Waals surface area contributed by atoms with Crippen LogP contribution in [0.5, 0.6) is 0 Å². The van der Waals surface area contributed by atoms with Crippen LogP contribution < -0.4 is 4.90 Å². The Morgan fingerprint density at radius 3 is 2.55 bits per heavy atom. The topological polar surface area (TPSA) is 50.3 Å². The summed E-state index contributed by atoms with van der Waals surface area (Å²) in [5.41, 5.74) is 1.30. The van der Waals surface area contributed by atoms with Crippen molar-refractivity contribution in [1.29, 1.82) is 0 Å². The molecule has 2 unspecified atom stereocenters. The van der Waals surface area contributed by atoms with Gasteiger partial charge in [-0.15, -0.1) is 0 Å². The van der Waals surface area contributed by atoms with Crippen molar-refractivity contribution in [2.75, 3.05) is 17.7 Å². The van der Waals surface area contributed by atoms with Crippen molar-refractivity contribution in [2.24, 2.45) is 0 Å². The van der Waals surface area contributed by atoms with Crippen molar-refractivity contribution in [2.45, 2.75) is 30.2 Å². The molecule has 1 aliphatic rings. The summed E-state index contributed by atoms with van der Waals surface area (Å²) in [6.07, 6.45) is 3.90. The molecule has 0 saturated carbocycles. The average Bonchev–Trinajstić information content (AvgIpc) is 2.89. The van der Waals surface area contributed by atoms with Gasteiger partial charge in [0.1, 0.15) is 10.7 Å². The Morgan fingerprint density at radius 1 is 1.14 bits per heavy atom. The van der Waals surface area contributed by atoms with E-state index in [0.717, 1.165) is 13.0 Å². The normalized spacial score (nSPS) is 22.0. The molecule has 2 atom stereocenters. The van der Waals surface area contributed by atoms with Crippen molar-refractivity contribution < 1.29 is 8.42 Å². The maximum Gasteiger partial charge on any atom is 0.179 e. The van der Waals surface area contributed by atoms with Gasteiger partial charge in [-0.1, -0.05) is 30.3 Å². The highest BCUT2D eigenvalue weighted by atomic mass is 32.2. The number of sulfone groups is 1. The highest BCUT2D eigenvalue weighted by molar-refractivity contribution is 7.90. The smallest absolute Gasteiger partial charge is 0.179 e. The molecule has 0 amide bonds. The molecule has 22 heavy (non-hydrogen) atoms. The van der Waals surface area contributed by atoms with Crippen LogP contribution in [0.3, 0.4) is 0 Å². The van der Waals surface area contributed by atoms with Crippen LogP contribution >= 0.6 is 0 Å². The maximum atomic E-state index is 12.0. The Labute approximate surface area is 131 Å². The fourth-order valence-electron chi connectivity index (χ4n) is 3.18. The second-order valence-electron chi connectivity index (χ2n) is 5.94. The zero-order valence-electron chi connectivity index (χ0n) is 12.8. The number of rotatable bonds is 3. The highest BCUT2D eigenvalue weighted by Gasteiger charge is 2.33. The monoisotopic (exact) mass is 316 g/mol. The SMILES string of the molecule is CC1CC(c2ccccc2)CN1c1ncccc1S(C)(=O)=O. The standard InChI is InChI=1S/C17H20N2O2S/c1-13-11-15(14-7-4-3-5-8-14)12-19(13)17-16(22(2,20)21)9-6-10-18-17/h3-10,13,15H,11-12H2,1-2H3. The van der Waals surface area contributed by atoms with Gasteiger partial charge in [0.25, 0.3) is 0 Å². The van der Waals surface area contributed by atoms with E-state index in [1.807, 2.05) is 18.2 Å². The first-order valence-corrected chi connectivity index (χ1v) is 9.32. The maximum absolute atomic E-state index is 12.0. The number of pyridine rings is 1. The zero-order valence-corrected chi connectivity index (χ0v) is 13.6. The molecule has 2 heterocycles. The molecular weight excluding hydrogens is 296 g/mol. The molecule has 1 saturated heterocycles. The van der Waals surface area contributed by atoms with Gasteiger partial charge in [-0.2, -0.15) is 0 Å². The van der Waals surface area contributed by atoms with Gasteiger partial charge < -0.3 is 4.90 Å². The number of hydrogen-bond donors (Lipinski definition) is 0. The van der Waals surface area contributed by atoms with Crippen LogP contribution in [-0.4, -0.2) is 32.2 Å². The predicted molar refractivity (Wildman–Crippen MR) is 88.0 cm³/mol. The summed E-state index contributed by atoms with van der Waals surface area (Å²) in [6, 6.07) is 14.0. The van der Waals surface area contributed by atoms with Gasteiger partial charge in [0.05, 0.1) is 0 Å². The van der Waals surface area contributed by atoms with Gasteiger partial charge >= 0.3 is 0 Å². The van der Waals surface area contributed by atoms with Gasteiger partial charge in [0, 0.05) is 31.0 Å². The van der Waals surface area contributed by atoms with Gasteiger partial charge in [-0.25, -0.2) is 13.4 Å². The van der Waals surface area contributed by atoms with E-state index in [0.29, 0.717) is 16.6 Å². The second-order valence-corrected chi connectivity index (χ2v) is 7.93. The summed E-state index contributed by atoms with van der Waals surface area (Å²) in [7, 11) is -3.28. The van der Waals surface area contributed by atoms with E-state index in [-0.39, 0.29) is 6.04 Å². The van der Waals surface area contributed by atoms with Crippen molar-refractivity contribution in [3.63, 3.8) is 0 Å². The second kappa shape index (κ2) is 5.72. The van der Waals surface area contributed by atoms with Crippen molar-refractivity contribution >= 4 is 15.7 Å². The molecule has 1 aromatic heterocycles. The summed E-state index contributed by atoms with van der Waals surface area (Å²) in [5.74, 6) is 0.988. The molecular formula is C17H20N2O2S. The van der Waals surface area contributed by atoms with Gasteiger partial charge in [-0.3, -0.25) is 0 Å². The third kappa shape index (κ3) is 2.86. The lowest BCUT2D eigenvalue weighted by molar-refractivity contribution is 0.600. The number of benzene rings is 1. The third-order valence-electron chi connectivity index (χ3n) is 4.27. The lowest BCUT2D eigenvalue weighted by Gasteiger charge is -2.24. The van der Waals surface area contributed by atoms with Gasteiger partial charge in [-0.05, 0) is 31.0 Å². The zero-order chi connectivity index (χ0) is 15.7. The third-order valence-corrected chi connectivity index (χ3v) is 5.39. The molecule has 0 aliphatic carbocycles. The van der Waals surface area contributed by atoms with Crippen LogP contribution in [0.25, 0.3) is 0 Å². The molecule has 4 nitrogen and oxygen atoms in total. The first kappa shape index (κ1) is 15.0. The molecule has 1 aromatic carbocycles. The average molecular weight is 316 g/mol. The molecule has 0 spiro atoms. The molecule has 0 radical (unpaired) electrons. The minimum atomic E-state index is -3.28. The number of hydrogen-bond acceptors (Lipinski definition) is 4. The molecule has 0 N–H and O–H groups in total. The Kier molecular flexibility index (Phi) is 3.91. The van der Waals surface area contributed by atoms with Crippen LogP contribution in [0.2, 0.25) is 0 Å². The van der Waals surface area contributed by atoms with Crippen LogP contribution in [-0.2, 0) is 9.84 Å². The lowest BCUT2D eigenvalue weighted by Crippen LogP contribution is -2.29. The Bertz CT molecular complexity index is 759. The molecule has 5 heteroatoms. The summed E-state index contributed by atoms with van der Waals surface area (Å²) in [5, 5.41) is 0. The van der Waals surface area contributed by atoms with E-state index in [9.17, 15) is 8.42 Å². The van der Waals surface area contributed by atoms with Gasteiger partial charge in [0.2, 0.25) is 0 Å². The minimum absolute atomic E-state index is 0.264. The Balaban J connectivity index is 1.94. The quantitative estimate of drug-likeness (QED) is 0.874. The van der Waals surface area contributed by atoms with Gasteiger partial charge in [0.15, 0.2) is 9.84 Å². The predicted octanol–water partition coefficient (Wildman–Crippen LogP) is 2.87. The molecule has 3 rings (SSSR count). The number of aromatic nitrogens is 1. The number of nitrogens with zero attached hydrogens (tertiary/aromatic N) is 2. The Hall–Kier alpha value is -1.88. The van der Waals surface area contributed by atoms with E-state index in [1.54, 1.807) is 18.3 Å².